The zero-order valence-corrected chi connectivity index (χ0v) is 16.4. The summed E-state index contributed by atoms with van der Waals surface area (Å²) < 4.78 is 8.31. The minimum Gasteiger partial charge on any atom is -0.449 e. The molecule has 8 heteroatoms. The summed E-state index contributed by atoms with van der Waals surface area (Å²) in [6.07, 6.45) is -1.09. The van der Waals surface area contributed by atoms with Crippen molar-refractivity contribution in [2.45, 2.75) is 20.0 Å². The van der Waals surface area contributed by atoms with Gasteiger partial charge < -0.3 is 15.8 Å². The molecule has 29 heavy (non-hydrogen) atoms. The first-order valence-electron chi connectivity index (χ1n) is 9.01. The number of aromatic nitrogens is 2. The molecule has 8 nitrogen and oxygen atoms in total. The topological polar surface area (TPSA) is 108 Å². The maximum Gasteiger partial charge on any atom is 0.338 e. The van der Waals surface area contributed by atoms with Gasteiger partial charge in [0.1, 0.15) is 5.69 Å². The van der Waals surface area contributed by atoms with Crippen LogP contribution in [0.4, 0.5) is 11.4 Å². The zero-order valence-electron chi connectivity index (χ0n) is 16.4. The summed E-state index contributed by atoms with van der Waals surface area (Å²) in [5, 5.41) is 2.58. The minimum absolute atomic E-state index is 0.136. The Hall–Kier alpha value is -3.81. The lowest BCUT2D eigenvalue weighted by molar-refractivity contribution is -0.123. The van der Waals surface area contributed by atoms with Gasteiger partial charge in [-0.05, 0) is 50.2 Å². The summed E-state index contributed by atoms with van der Waals surface area (Å²) in [5.41, 5.74) is 7.40. The number of nitrogens with one attached hydrogen (secondary N) is 1. The minimum atomic E-state index is -1.09. The average Bonchev–Trinajstić information content (AvgIpc) is 2.92. The van der Waals surface area contributed by atoms with E-state index in [-0.39, 0.29) is 16.8 Å². The van der Waals surface area contributed by atoms with E-state index in [0.29, 0.717) is 17.1 Å². The highest BCUT2D eigenvalue weighted by Gasteiger charge is 2.23. The number of nitrogens with zero attached hydrogens (tertiary/aromatic N) is 2. The summed E-state index contributed by atoms with van der Waals surface area (Å²) in [7, 11) is 1.73. The standard InChI is InChI=1S/C21H22N4O4/c1-13-18(20(27)25(24(13)3)17-7-5-4-6-8-17)23-19(26)14(2)29-21(28)15-9-11-16(22)12-10-15/h4-12,14H,22H2,1-3H3,(H,23,26). The third kappa shape index (κ3) is 4.06. The van der Waals surface area contributed by atoms with Crippen LogP contribution in [0.1, 0.15) is 23.0 Å². The first-order valence-corrected chi connectivity index (χ1v) is 9.01. The molecule has 0 saturated carbocycles. The van der Waals surface area contributed by atoms with Gasteiger partial charge in [0, 0.05) is 12.7 Å². The number of carbonyl (C=O) groups excluding carboxylic acids is 2. The molecule has 1 unspecified atom stereocenters. The fraction of sp³-hybridized carbons (Fsp3) is 0.190. The molecule has 1 aromatic heterocycles. The quantitative estimate of drug-likeness (QED) is 0.510. The Morgan fingerprint density at radius 1 is 1.07 bits per heavy atom. The van der Waals surface area contributed by atoms with Crippen LogP contribution < -0.4 is 16.6 Å². The molecule has 0 radical (unpaired) electrons. The maximum atomic E-state index is 12.9. The van der Waals surface area contributed by atoms with Crippen LogP contribution in [0, 0.1) is 6.92 Å². The lowest BCUT2D eigenvalue weighted by Crippen LogP contribution is -2.32. The molecule has 0 spiro atoms. The van der Waals surface area contributed by atoms with Crippen LogP contribution in [0.2, 0.25) is 0 Å². The van der Waals surface area contributed by atoms with E-state index >= 15 is 0 Å². The largest absolute Gasteiger partial charge is 0.449 e. The van der Waals surface area contributed by atoms with E-state index < -0.39 is 18.0 Å². The van der Waals surface area contributed by atoms with Crippen LogP contribution in [0.3, 0.4) is 0 Å². The number of nitrogens with two attached hydrogens (primary N) is 1. The SMILES string of the molecule is Cc1c(NC(=O)C(C)OC(=O)c2ccc(N)cc2)c(=O)n(-c2ccccc2)n1C. The van der Waals surface area contributed by atoms with Crippen molar-refractivity contribution in [3.05, 3.63) is 76.2 Å². The zero-order chi connectivity index (χ0) is 21.1. The van der Waals surface area contributed by atoms with Gasteiger partial charge in [-0.25, -0.2) is 9.48 Å². The maximum absolute atomic E-state index is 12.9. The van der Waals surface area contributed by atoms with Crippen molar-refractivity contribution in [1.29, 1.82) is 0 Å². The third-order valence-electron chi connectivity index (χ3n) is 4.60. The van der Waals surface area contributed by atoms with Crippen molar-refractivity contribution in [2.75, 3.05) is 11.1 Å². The van der Waals surface area contributed by atoms with Gasteiger partial charge in [-0.15, -0.1) is 0 Å². The van der Waals surface area contributed by atoms with Crippen molar-refractivity contribution >= 4 is 23.3 Å². The number of esters is 1. The highest BCUT2D eigenvalue weighted by molar-refractivity contribution is 5.97. The Kier molecular flexibility index (Phi) is 5.54. The van der Waals surface area contributed by atoms with Crippen LogP contribution in [0.15, 0.2) is 59.4 Å². The molecular formula is C21H22N4O4. The Labute approximate surface area is 167 Å². The number of nitrogen functional groups attached to an aromatic ring is 1. The van der Waals surface area contributed by atoms with Crippen LogP contribution in [0.5, 0.6) is 0 Å². The van der Waals surface area contributed by atoms with Crippen LogP contribution >= 0.6 is 0 Å². The van der Waals surface area contributed by atoms with E-state index in [2.05, 4.69) is 5.32 Å². The molecule has 2 aromatic carbocycles. The number of benzene rings is 2. The van der Waals surface area contributed by atoms with Crippen LogP contribution in [-0.2, 0) is 16.6 Å². The highest BCUT2D eigenvalue weighted by atomic mass is 16.5. The molecule has 0 aliphatic carbocycles. The van der Waals surface area contributed by atoms with E-state index in [1.807, 2.05) is 18.2 Å². The molecule has 0 bridgehead atoms. The fourth-order valence-electron chi connectivity index (χ4n) is 2.84. The molecular weight excluding hydrogens is 372 g/mol. The van der Waals surface area contributed by atoms with Gasteiger partial charge in [-0.3, -0.25) is 14.3 Å². The molecule has 3 N–H and O–H groups in total. The Morgan fingerprint density at radius 2 is 1.69 bits per heavy atom. The fourth-order valence-corrected chi connectivity index (χ4v) is 2.84. The predicted octanol–water partition coefficient (Wildman–Crippen LogP) is 2.25. The van der Waals surface area contributed by atoms with Gasteiger partial charge in [0.2, 0.25) is 0 Å². The smallest absolute Gasteiger partial charge is 0.338 e. The number of hydrogen-bond acceptors (Lipinski definition) is 5. The summed E-state index contributed by atoms with van der Waals surface area (Å²) in [6, 6.07) is 15.3. The first-order chi connectivity index (χ1) is 13.8. The Bertz CT molecular complexity index is 1100. The molecule has 0 saturated heterocycles. The molecule has 1 atom stereocenters. The highest BCUT2D eigenvalue weighted by Crippen LogP contribution is 2.15. The molecule has 150 valence electrons. The normalized spacial score (nSPS) is 11.7. The second kappa shape index (κ2) is 8.05. The number of amides is 1. The van der Waals surface area contributed by atoms with Gasteiger partial charge in [0.25, 0.3) is 11.5 Å². The van der Waals surface area contributed by atoms with Crippen molar-refractivity contribution in [3.63, 3.8) is 0 Å². The molecule has 1 amide bonds. The number of anilines is 2. The summed E-state index contributed by atoms with van der Waals surface area (Å²) >= 11 is 0. The molecule has 0 aliphatic rings. The lowest BCUT2D eigenvalue weighted by Gasteiger charge is -2.13. The van der Waals surface area contributed by atoms with E-state index in [4.69, 9.17) is 10.5 Å². The average molecular weight is 394 g/mol. The van der Waals surface area contributed by atoms with E-state index in [9.17, 15) is 14.4 Å². The van der Waals surface area contributed by atoms with Gasteiger partial charge in [0.05, 0.1) is 16.9 Å². The van der Waals surface area contributed by atoms with Gasteiger partial charge in [0.15, 0.2) is 6.10 Å². The second-order valence-corrected chi connectivity index (χ2v) is 6.60. The van der Waals surface area contributed by atoms with Crippen molar-refractivity contribution in [1.82, 2.24) is 9.36 Å². The van der Waals surface area contributed by atoms with Gasteiger partial charge >= 0.3 is 5.97 Å². The number of carbonyl (C=O) groups is 2. The van der Waals surface area contributed by atoms with Gasteiger partial charge in [-0.2, -0.15) is 0 Å². The van der Waals surface area contributed by atoms with E-state index in [1.54, 1.807) is 42.9 Å². The third-order valence-corrected chi connectivity index (χ3v) is 4.60. The number of para-hydroxylation sites is 1. The predicted molar refractivity (Wildman–Crippen MR) is 110 cm³/mol. The van der Waals surface area contributed by atoms with Gasteiger partial charge in [-0.1, -0.05) is 18.2 Å². The first kappa shape index (κ1) is 19.9. The Balaban J connectivity index is 1.77. The Morgan fingerprint density at radius 3 is 2.31 bits per heavy atom. The van der Waals surface area contributed by atoms with Crippen LogP contribution in [-0.4, -0.2) is 27.3 Å². The summed E-state index contributed by atoms with van der Waals surface area (Å²) in [4.78, 5) is 37.6. The van der Waals surface area contributed by atoms with E-state index in [0.717, 1.165) is 0 Å². The van der Waals surface area contributed by atoms with Crippen molar-refractivity contribution in [2.24, 2.45) is 7.05 Å². The lowest BCUT2D eigenvalue weighted by atomic mass is 10.2. The number of rotatable bonds is 5. The monoisotopic (exact) mass is 394 g/mol. The molecule has 0 fully saturated rings. The van der Waals surface area contributed by atoms with E-state index in [1.165, 1.54) is 23.7 Å². The molecule has 1 heterocycles. The summed E-state index contributed by atoms with van der Waals surface area (Å²) in [5.74, 6) is -1.25. The number of hydrogen-bond donors (Lipinski definition) is 2. The number of ether oxygens (including phenoxy) is 1. The second-order valence-electron chi connectivity index (χ2n) is 6.60. The summed E-state index contributed by atoms with van der Waals surface area (Å²) in [6.45, 7) is 3.17. The molecule has 0 aliphatic heterocycles. The van der Waals surface area contributed by atoms with Crippen molar-refractivity contribution < 1.29 is 14.3 Å². The molecule has 3 rings (SSSR count). The van der Waals surface area contributed by atoms with Crippen LogP contribution in [0.25, 0.3) is 5.69 Å². The molecule has 3 aromatic rings. The van der Waals surface area contributed by atoms with Crippen molar-refractivity contribution in [3.8, 4) is 5.69 Å².